The summed E-state index contributed by atoms with van der Waals surface area (Å²) in [7, 11) is -0.281. The second-order valence-corrected chi connectivity index (χ2v) is 8.79. The van der Waals surface area contributed by atoms with Crippen molar-refractivity contribution in [2.45, 2.75) is 30.1 Å². The summed E-state index contributed by atoms with van der Waals surface area (Å²) in [5.41, 5.74) is 2.59. The van der Waals surface area contributed by atoms with Gasteiger partial charge in [0.15, 0.2) is 0 Å². The molecule has 0 spiro atoms. The number of esters is 1. The fourth-order valence-electron chi connectivity index (χ4n) is 3.82. The molecule has 7 heteroatoms. The molecule has 0 aromatic heterocycles. The third kappa shape index (κ3) is 4.30. The van der Waals surface area contributed by atoms with Gasteiger partial charge in [-0.15, -0.1) is 0 Å². The van der Waals surface area contributed by atoms with Crippen molar-refractivity contribution in [1.82, 2.24) is 9.62 Å². The van der Waals surface area contributed by atoms with Gasteiger partial charge in [0.2, 0.25) is 0 Å². The third-order valence-electron chi connectivity index (χ3n) is 5.38. The van der Waals surface area contributed by atoms with Crippen molar-refractivity contribution in [2.75, 3.05) is 7.11 Å². The first-order valence-electron chi connectivity index (χ1n) is 9.91. The lowest BCUT2D eigenvalue weighted by Gasteiger charge is -2.29. The summed E-state index contributed by atoms with van der Waals surface area (Å²) < 4.78 is 34.2. The van der Waals surface area contributed by atoms with E-state index in [1.54, 1.807) is 16.4 Å². The Hall–Kier alpha value is -2.87. The molecule has 1 N–H and O–H groups in total. The number of nitrogens with zero attached hydrogens (tertiary/aromatic N) is 1. The van der Waals surface area contributed by atoms with Crippen molar-refractivity contribution < 1.29 is 18.1 Å². The minimum absolute atomic E-state index is 0.379. The summed E-state index contributed by atoms with van der Waals surface area (Å²) in [5.74, 6) is -0.853. The molecule has 3 aromatic rings. The van der Waals surface area contributed by atoms with Crippen LogP contribution in [0.2, 0.25) is 0 Å². The number of halogens is 1. The molecule has 160 valence electrons. The molecule has 0 amide bonds. The molecule has 1 aliphatic rings. The zero-order valence-corrected chi connectivity index (χ0v) is 18.0. The van der Waals surface area contributed by atoms with Crippen molar-refractivity contribution in [2.24, 2.45) is 0 Å². The summed E-state index contributed by atoms with van der Waals surface area (Å²) >= 11 is 0. The van der Waals surface area contributed by atoms with Crippen molar-refractivity contribution in [3.05, 3.63) is 101 Å². The van der Waals surface area contributed by atoms with Crippen molar-refractivity contribution in [1.29, 1.82) is 0 Å². The van der Waals surface area contributed by atoms with Gasteiger partial charge in [0.1, 0.15) is 22.8 Å². The van der Waals surface area contributed by atoms with Gasteiger partial charge in [-0.3, -0.25) is 10.1 Å². The molecule has 1 fully saturated rings. The highest BCUT2D eigenvalue weighted by Gasteiger charge is 2.49. The summed E-state index contributed by atoms with van der Waals surface area (Å²) in [4.78, 5) is 13.3. The molecule has 4 atom stereocenters. The van der Waals surface area contributed by atoms with Crippen LogP contribution in [0.15, 0.2) is 83.8 Å². The lowest BCUT2D eigenvalue weighted by atomic mass is 10.0. The number of methoxy groups -OCH3 is 1. The fraction of sp³-hybridized carbons (Fsp3) is 0.208. The number of hydrogen-bond acceptors (Lipinski definition) is 4. The van der Waals surface area contributed by atoms with E-state index in [0.29, 0.717) is 10.5 Å². The molecule has 5 nitrogen and oxygen atoms in total. The average Bonchev–Trinajstić information content (AvgIpc) is 3.20. The molecule has 0 bridgehead atoms. The van der Waals surface area contributed by atoms with E-state index in [0.717, 1.165) is 11.1 Å². The molecule has 1 heterocycles. The molecule has 0 radical (unpaired) electrons. The monoisotopic (exact) mass is 438 g/mol. The number of rotatable bonds is 5. The van der Waals surface area contributed by atoms with E-state index in [4.69, 9.17) is 4.74 Å². The highest BCUT2D eigenvalue weighted by Crippen LogP contribution is 2.41. The number of benzene rings is 3. The Balaban J connectivity index is 1.85. The van der Waals surface area contributed by atoms with E-state index in [1.165, 1.54) is 19.2 Å². The minimum atomic E-state index is -1.60. The third-order valence-corrected chi connectivity index (χ3v) is 6.87. The molecule has 3 aromatic carbocycles. The molecule has 0 saturated carbocycles. The number of carbonyl (C=O) groups is 1. The smallest absolute Gasteiger partial charge is 0.324 e. The number of nitrogens with one attached hydrogen (secondary N) is 1. The zero-order valence-electron chi connectivity index (χ0n) is 17.2. The highest BCUT2D eigenvalue weighted by molar-refractivity contribution is 7.82. The van der Waals surface area contributed by atoms with Gasteiger partial charge in [-0.2, -0.15) is 4.31 Å². The SMILES string of the molecule is COC(=O)[C@H]1N[C@H](c2ccccc2)N(S(=O)c2ccc(C)cc2)[C@@H]1c1ccc(F)cc1. The quantitative estimate of drug-likeness (QED) is 0.611. The van der Waals surface area contributed by atoms with E-state index in [-0.39, 0.29) is 5.82 Å². The van der Waals surface area contributed by atoms with Crippen LogP contribution in [0.5, 0.6) is 0 Å². The van der Waals surface area contributed by atoms with E-state index < -0.39 is 35.2 Å². The van der Waals surface area contributed by atoms with Gasteiger partial charge in [-0.25, -0.2) is 8.60 Å². The van der Waals surface area contributed by atoms with Crippen LogP contribution in [-0.2, 0) is 20.5 Å². The minimum Gasteiger partial charge on any atom is -0.468 e. The summed E-state index contributed by atoms with van der Waals surface area (Å²) in [6.07, 6.45) is -0.512. The first-order chi connectivity index (χ1) is 15.0. The van der Waals surface area contributed by atoms with Gasteiger partial charge in [0.25, 0.3) is 0 Å². The summed E-state index contributed by atoms with van der Waals surface area (Å²) in [5, 5.41) is 3.30. The Morgan fingerprint density at radius 2 is 1.61 bits per heavy atom. The molecular formula is C24H23FN2O3S. The maximum absolute atomic E-state index is 13.8. The lowest BCUT2D eigenvalue weighted by molar-refractivity contribution is -0.143. The average molecular weight is 439 g/mol. The van der Waals surface area contributed by atoms with E-state index in [9.17, 15) is 13.4 Å². The van der Waals surface area contributed by atoms with Crippen LogP contribution in [0.4, 0.5) is 4.39 Å². The first kappa shape index (κ1) is 21.4. The Kier molecular flexibility index (Phi) is 6.27. The number of ether oxygens (including phenoxy) is 1. The maximum atomic E-state index is 13.8. The molecule has 1 saturated heterocycles. The Morgan fingerprint density at radius 3 is 2.23 bits per heavy atom. The van der Waals surface area contributed by atoms with Crippen LogP contribution in [0.1, 0.15) is 28.9 Å². The largest absolute Gasteiger partial charge is 0.468 e. The topological polar surface area (TPSA) is 58.6 Å². The van der Waals surface area contributed by atoms with Gasteiger partial charge in [-0.1, -0.05) is 60.2 Å². The standard InChI is InChI=1S/C24H23FN2O3S/c1-16-8-14-20(15-9-16)31(29)27-22(17-10-12-19(25)13-11-17)21(24(28)30-2)26-23(27)18-6-4-3-5-7-18/h3-15,21-23,26H,1-2H3/t21-,22+,23-,31?/m0/s1. The predicted molar refractivity (Wildman–Crippen MR) is 117 cm³/mol. The van der Waals surface area contributed by atoms with Crippen LogP contribution in [-0.4, -0.2) is 27.6 Å². The van der Waals surface area contributed by atoms with Crippen LogP contribution in [0, 0.1) is 12.7 Å². The summed E-state index contributed by atoms with van der Waals surface area (Å²) in [6, 6.07) is 21.5. The van der Waals surface area contributed by atoms with Crippen LogP contribution >= 0.6 is 0 Å². The van der Waals surface area contributed by atoms with Gasteiger partial charge >= 0.3 is 5.97 Å². The normalized spacial score (nSPS) is 22.2. The van der Waals surface area contributed by atoms with E-state index >= 15 is 0 Å². The molecule has 1 aliphatic heterocycles. The van der Waals surface area contributed by atoms with Crippen LogP contribution < -0.4 is 5.32 Å². The summed E-state index contributed by atoms with van der Waals surface area (Å²) in [6.45, 7) is 1.96. The van der Waals surface area contributed by atoms with Crippen molar-refractivity contribution >= 4 is 17.0 Å². The van der Waals surface area contributed by atoms with E-state index in [1.807, 2.05) is 61.5 Å². The van der Waals surface area contributed by atoms with Gasteiger partial charge in [-0.05, 0) is 42.3 Å². The lowest BCUT2D eigenvalue weighted by Crippen LogP contribution is -2.37. The van der Waals surface area contributed by atoms with Crippen molar-refractivity contribution in [3.63, 3.8) is 0 Å². The Morgan fingerprint density at radius 1 is 0.968 bits per heavy atom. The first-order valence-corrected chi connectivity index (χ1v) is 11.0. The Bertz CT molecular complexity index is 1070. The zero-order chi connectivity index (χ0) is 22.0. The molecule has 4 rings (SSSR count). The van der Waals surface area contributed by atoms with E-state index in [2.05, 4.69) is 5.32 Å². The molecule has 31 heavy (non-hydrogen) atoms. The molecular weight excluding hydrogens is 415 g/mol. The number of carbonyl (C=O) groups excluding carboxylic acids is 1. The number of aryl methyl sites for hydroxylation is 1. The Labute approximate surface area is 183 Å². The fourth-order valence-corrected chi connectivity index (χ4v) is 5.26. The second-order valence-electron chi connectivity index (χ2n) is 7.40. The van der Waals surface area contributed by atoms with Crippen molar-refractivity contribution in [3.8, 4) is 0 Å². The predicted octanol–water partition coefficient (Wildman–Crippen LogP) is 4.04. The van der Waals surface area contributed by atoms with Crippen LogP contribution in [0.25, 0.3) is 0 Å². The molecule has 1 unspecified atom stereocenters. The van der Waals surface area contributed by atoms with Crippen LogP contribution in [0.3, 0.4) is 0 Å². The number of hydrogen-bond donors (Lipinski definition) is 1. The van der Waals surface area contributed by atoms with Gasteiger partial charge < -0.3 is 4.74 Å². The van der Waals surface area contributed by atoms with Gasteiger partial charge in [0, 0.05) is 0 Å². The highest BCUT2D eigenvalue weighted by atomic mass is 32.2. The van der Waals surface area contributed by atoms with Gasteiger partial charge in [0.05, 0.1) is 24.2 Å². The molecule has 0 aliphatic carbocycles. The second kappa shape index (κ2) is 9.09. The maximum Gasteiger partial charge on any atom is 0.324 e.